The molecule has 0 saturated heterocycles. The number of rotatable bonds is 4. The Morgan fingerprint density at radius 3 is 2.29 bits per heavy atom. The molecule has 2 unspecified atom stereocenters. The van der Waals surface area contributed by atoms with E-state index in [9.17, 15) is 4.79 Å². The summed E-state index contributed by atoms with van der Waals surface area (Å²) in [6.45, 7) is 3.99. The first kappa shape index (κ1) is 10.7. The van der Waals surface area contributed by atoms with E-state index in [-0.39, 0.29) is 5.92 Å². The van der Waals surface area contributed by atoms with Gasteiger partial charge in [-0.15, -0.1) is 0 Å². The zero-order valence-corrected chi connectivity index (χ0v) is 8.68. The molecule has 0 radical (unpaired) electrons. The molecule has 0 aromatic heterocycles. The molecule has 74 valence electrons. The topological polar surface area (TPSA) is 17.1 Å². The summed E-state index contributed by atoms with van der Waals surface area (Å²) in [6, 6.07) is 10.1. The standard InChI is InChI=1S/C13H16O/c1-11(12(2)10-14)8-9-13-6-4-3-5-7-13/h3-12H,1-2H3/b9-8+. The molecular formula is C13H16O. The van der Waals surface area contributed by atoms with Gasteiger partial charge in [0.2, 0.25) is 0 Å². The van der Waals surface area contributed by atoms with Crippen molar-refractivity contribution in [2.24, 2.45) is 11.8 Å². The van der Waals surface area contributed by atoms with Crippen molar-refractivity contribution in [3.8, 4) is 0 Å². The minimum Gasteiger partial charge on any atom is -0.303 e. The van der Waals surface area contributed by atoms with E-state index in [4.69, 9.17) is 0 Å². The number of allylic oxidation sites excluding steroid dienone is 1. The van der Waals surface area contributed by atoms with Gasteiger partial charge in [-0.2, -0.15) is 0 Å². The van der Waals surface area contributed by atoms with Crippen molar-refractivity contribution in [2.75, 3.05) is 0 Å². The van der Waals surface area contributed by atoms with Crippen molar-refractivity contribution in [1.82, 2.24) is 0 Å². The van der Waals surface area contributed by atoms with Crippen LogP contribution in [0.3, 0.4) is 0 Å². The number of hydrogen-bond acceptors (Lipinski definition) is 1. The van der Waals surface area contributed by atoms with Crippen LogP contribution in [-0.4, -0.2) is 6.29 Å². The van der Waals surface area contributed by atoms with E-state index >= 15 is 0 Å². The fraction of sp³-hybridized carbons (Fsp3) is 0.308. The molecule has 0 amide bonds. The van der Waals surface area contributed by atoms with E-state index < -0.39 is 0 Å². The lowest BCUT2D eigenvalue weighted by molar-refractivity contribution is -0.111. The molecule has 1 nitrogen and oxygen atoms in total. The lowest BCUT2D eigenvalue weighted by atomic mass is 9.96. The van der Waals surface area contributed by atoms with Gasteiger partial charge in [-0.1, -0.05) is 56.3 Å². The maximum Gasteiger partial charge on any atom is 0.123 e. The number of aldehydes is 1. The molecule has 0 saturated carbocycles. The van der Waals surface area contributed by atoms with Gasteiger partial charge in [0.05, 0.1) is 0 Å². The van der Waals surface area contributed by atoms with Crippen molar-refractivity contribution < 1.29 is 4.79 Å². The van der Waals surface area contributed by atoms with Gasteiger partial charge in [-0.05, 0) is 11.5 Å². The van der Waals surface area contributed by atoms with Crippen molar-refractivity contribution in [1.29, 1.82) is 0 Å². The average molecular weight is 188 g/mol. The highest BCUT2D eigenvalue weighted by atomic mass is 16.1. The molecule has 1 aromatic carbocycles. The normalized spacial score (nSPS) is 15.3. The lowest BCUT2D eigenvalue weighted by Crippen LogP contribution is -2.05. The van der Waals surface area contributed by atoms with Crippen LogP contribution in [0.4, 0.5) is 0 Å². The first-order valence-corrected chi connectivity index (χ1v) is 4.92. The molecule has 0 aliphatic carbocycles. The van der Waals surface area contributed by atoms with Gasteiger partial charge >= 0.3 is 0 Å². The summed E-state index contributed by atoms with van der Waals surface area (Å²) < 4.78 is 0. The van der Waals surface area contributed by atoms with Gasteiger partial charge in [0.1, 0.15) is 6.29 Å². The van der Waals surface area contributed by atoms with Crippen molar-refractivity contribution >= 4 is 12.4 Å². The van der Waals surface area contributed by atoms with Crippen LogP contribution < -0.4 is 0 Å². The second kappa shape index (κ2) is 5.38. The second-order valence-electron chi connectivity index (χ2n) is 3.62. The second-order valence-corrected chi connectivity index (χ2v) is 3.62. The van der Waals surface area contributed by atoms with Crippen LogP contribution in [0, 0.1) is 11.8 Å². The Morgan fingerprint density at radius 1 is 1.07 bits per heavy atom. The molecule has 2 atom stereocenters. The van der Waals surface area contributed by atoms with E-state index in [1.54, 1.807) is 0 Å². The average Bonchev–Trinajstić information content (AvgIpc) is 2.26. The Labute approximate surface area is 85.5 Å². The quantitative estimate of drug-likeness (QED) is 0.663. The van der Waals surface area contributed by atoms with Crippen molar-refractivity contribution in [3.05, 3.63) is 42.0 Å². The van der Waals surface area contributed by atoms with Crippen LogP contribution in [0.25, 0.3) is 6.08 Å². The Bertz CT molecular complexity index is 300. The van der Waals surface area contributed by atoms with E-state index in [1.165, 1.54) is 5.56 Å². The van der Waals surface area contributed by atoms with Crippen LogP contribution in [0.5, 0.6) is 0 Å². The molecule has 0 N–H and O–H groups in total. The lowest BCUT2D eigenvalue weighted by Gasteiger charge is -2.08. The molecule has 0 aliphatic heterocycles. The summed E-state index contributed by atoms with van der Waals surface area (Å²) in [7, 11) is 0. The zero-order valence-electron chi connectivity index (χ0n) is 8.68. The predicted octanol–water partition coefficient (Wildman–Crippen LogP) is 3.17. The third-order valence-corrected chi connectivity index (χ3v) is 2.44. The van der Waals surface area contributed by atoms with E-state index in [0.29, 0.717) is 5.92 Å². The molecule has 14 heavy (non-hydrogen) atoms. The summed E-state index contributed by atoms with van der Waals surface area (Å²) in [5, 5.41) is 0. The van der Waals surface area contributed by atoms with Crippen LogP contribution >= 0.6 is 0 Å². The molecule has 1 rings (SSSR count). The Morgan fingerprint density at radius 2 is 1.71 bits per heavy atom. The molecule has 0 spiro atoms. The van der Waals surface area contributed by atoms with Crippen LogP contribution in [0.1, 0.15) is 19.4 Å². The fourth-order valence-electron chi connectivity index (χ4n) is 1.13. The third kappa shape index (κ3) is 3.17. The van der Waals surface area contributed by atoms with Gasteiger partial charge in [0, 0.05) is 5.92 Å². The summed E-state index contributed by atoms with van der Waals surface area (Å²) in [4.78, 5) is 10.5. The number of carbonyl (C=O) groups is 1. The van der Waals surface area contributed by atoms with Crippen LogP contribution in [0.2, 0.25) is 0 Å². The monoisotopic (exact) mass is 188 g/mol. The number of carbonyl (C=O) groups excluding carboxylic acids is 1. The van der Waals surface area contributed by atoms with Gasteiger partial charge in [0.15, 0.2) is 0 Å². The maximum atomic E-state index is 10.5. The molecule has 0 bridgehead atoms. The van der Waals surface area contributed by atoms with E-state index in [0.717, 1.165) is 6.29 Å². The first-order chi connectivity index (χ1) is 6.74. The highest BCUT2D eigenvalue weighted by Gasteiger charge is 2.06. The third-order valence-electron chi connectivity index (χ3n) is 2.44. The molecular weight excluding hydrogens is 172 g/mol. The van der Waals surface area contributed by atoms with Gasteiger partial charge in [-0.25, -0.2) is 0 Å². The Balaban J connectivity index is 2.60. The largest absolute Gasteiger partial charge is 0.303 e. The minimum atomic E-state index is 0.0926. The number of benzene rings is 1. The van der Waals surface area contributed by atoms with Crippen LogP contribution in [0.15, 0.2) is 36.4 Å². The predicted molar refractivity (Wildman–Crippen MR) is 59.9 cm³/mol. The van der Waals surface area contributed by atoms with Crippen molar-refractivity contribution in [2.45, 2.75) is 13.8 Å². The molecule has 0 aliphatic rings. The summed E-state index contributed by atoms with van der Waals surface area (Å²) in [5.74, 6) is 0.391. The van der Waals surface area contributed by atoms with E-state index in [2.05, 4.69) is 31.2 Å². The number of hydrogen-bond donors (Lipinski definition) is 0. The highest BCUT2D eigenvalue weighted by molar-refractivity contribution is 5.55. The van der Waals surface area contributed by atoms with Crippen LogP contribution in [-0.2, 0) is 4.79 Å². The summed E-state index contributed by atoms with van der Waals surface area (Å²) in [5.41, 5.74) is 1.18. The Hall–Kier alpha value is -1.37. The fourth-order valence-corrected chi connectivity index (χ4v) is 1.13. The van der Waals surface area contributed by atoms with Crippen molar-refractivity contribution in [3.63, 3.8) is 0 Å². The smallest absolute Gasteiger partial charge is 0.123 e. The minimum absolute atomic E-state index is 0.0926. The first-order valence-electron chi connectivity index (χ1n) is 4.92. The van der Waals surface area contributed by atoms with E-state index in [1.807, 2.05) is 25.1 Å². The van der Waals surface area contributed by atoms with Gasteiger partial charge < -0.3 is 4.79 Å². The SMILES string of the molecule is CC(C=O)C(C)/C=C/c1ccccc1. The highest BCUT2D eigenvalue weighted by Crippen LogP contribution is 2.12. The summed E-state index contributed by atoms with van der Waals surface area (Å²) >= 11 is 0. The molecule has 1 aromatic rings. The summed E-state index contributed by atoms with van der Waals surface area (Å²) in [6.07, 6.45) is 5.14. The Kier molecular flexibility index (Phi) is 4.11. The zero-order chi connectivity index (χ0) is 10.4. The van der Waals surface area contributed by atoms with Gasteiger partial charge in [0.25, 0.3) is 0 Å². The molecule has 0 fully saturated rings. The maximum absolute atomic E-state index is 10.5. The molecule has 0 heterocycles. The van der Waals surface area contributed by atoms with Gasteiger partial charge in [-0.3, -0.25) is 0 Å². The molecule has 1 heteroatoms.